The van der Waals surface area contributed by atoms with Crippen LogP contribution in [0.2, 0.25) is 0 Å². The number of hydrogen-bond acceptors (Lipinski definition) is 1. The highest BCUT2D eigenvalue weighted by molar-refractivity contribution is 6.13. The summed E-state index contributed by atoms with van der Waals surface area (Å²) in [5, 5.41) is 4.08. The largest absolute Gasteiger partial charge is 0.310 e. The molecule has 0 bridgehead atoms. The summed E-state index contributed by atoms with van der Waals surface area (Å²) in [6.07, 6.45) is 0. The number of rotatable bonds is 6. The van der Waals surface area contributed by atoms with Crippen LogP contribution in [0.1, 0.15) is 31.8 Å². The Balaban J connectivity index is 1.26. The van der Waals surface area contributed by atoms with E-state index in [1.165, 1.54) is 0 Å². The van der Waals surface area contributed by atoms with Crippen molar-refractivity contribution in [2.75, 3.05) is 4.90 Å². The zero-order valence-corrected chi connectivity index (χ0v) is 31.8. The van der Waals surface area contributed by atoms with E-state index in [2.05, 4.69) is 119 Å². The molecule has 0 fully saturated rings. The molecule has 0 saturated heterocycles. The molecule has 2 nitrogen and oxygen atoms in total. The second kappa shape index (κ2) is 13.2. The van der Waals surface area contributed by atoms with Crippen molar-refractivity contribution in [2.24, 2.45) is 0 Å². The van der Waals surface area contributed by atoms with Gasteiger partial charge < -0.3 is 9.47 Å². The van der Waals surface area contributed by atoms with Gasteiger partial charge >= 0.3 is 0 Å². The molecule has 276 valence electrons. The highest BCUT2D eigenvalue weighted by Gasteiger charge is 2.48. The standard InChI is InChI=1S/C57H38N2/c1-3-21-42(22-4-1)58(44-34-33-39-17-7-8-19-41(39)37-44)45-35-36-52-49(38-45)47-26-11-13-28-51(47)57(52,50-29-15-20-40-18-9-10-25-46(40)50)53-30-16-32-55-56(53)48-27-12-14-31-54(48)59(55)43-23-5-2-6-24-43/h1-38H/i9D,10D,15D,18D,20D,25D,29D. The van der Waals surface area contributed by atoms with Crippen LogP contribution in [-0.2, 0) is 5.41 Å². The molecule has 1 aromatic heterocycles. The van der Waals surface area contributed by atoms with Crippen molar-refractivity contribution in [2.45, 2.75) is 5.41 Å². The van der Waals surface area contributed by atoms with Crippen LogP contribution in [0.25, 0.3) is 60.2 Å². The zero-order chi connectivity index (χ0) is 45.0. The Morgan fingerprint density at radius 1 is 0.390 bits per heavy atom. The molecule has 10 aromatic carbocycles. The molecule has 1 heterocycles. The number of hydrogen-bond donors (Lipinski definition) is 0. The molecular formula is C57H38N2. The van der Waals surface area contributed by atoms with Gasteiger partial charge in [-0.1, -0.05) is 170 Å². The van der Waals surface area contributed by atoms with Crippen molar-refractivity contribution in [1.82, 2.24) is 4.57 Å². The first kappa shape index (κ1) is 27.0. The quantitative estimate of drug-likeness (QED) is 0.164. The van der Waals surface area contributed by atoms with E-state index < -0.39 is 35.6 Å². The Kier molecular flexibility index (Phi) is 6.05. The molecule has 0 spiro atoms. The first-order valence-electron chi connectivity index (χ1n) is 23.4. The molecule has 0 amide bonds. The van der Waals surface area contributed by atoms with Gasteiger partial charge in [-0.25, -0.2) is 0 Å². The highest BCUT2D eigenvalue weighted by Crippen LogP contribution is 2.60. The van der Waals surface area contributed by atoms with Crippen molar-refractivity contribution in [3.63, 3.8) is 0 Å². The smallest absolute Gasteiger partial charge is 0.0726 e. The van der Waals surface area contributed by atoms with Crippen molar-refractivity contribution >= 4 is 60.4 Å². The number of benzene rings is 10. The molecule has 1 aliphatic rings. The fraction of sp³-hybridized carbons (Fsp3) is 0.0175. The summed E-state index contributed by atoms with van der Waals surface area (Å²) in [5.74, 6) is 0. The summed E-state index contributed by atoms with van der Waals surface area (Å²) in [7, 11) is 0. The van der Waals surface area contributed by atoms with E-state index in [0.29, 0.717) is 0 Å². The predicted octanol–water partition coefficient (Wildman–Crippen LogP) is 14.9. The summed E-state index contributed by atoms with van der Waals surface area (Å²) < 4.78 is 67.6. The van der Waals surface area contributed by atoms with Gasteiger partial charge in [0.2, 0.25) is 0 Å². The van der Waals surface area contributed by atoms with E-state index in [4.69, 9.17) is 2.74 Å². The summed E-state index contributed by atoms with van der Waals surface area (Å²) >= 11 is 0. The van der Waals surface area contributed by atoms with Crippen molar-refractivity contribution < 1.29 is 9.60 Å². The minimum Gasteiger partial charge on any atom is -0.310 e. The second-order valence-electron chi connectivity index (χ2n) is 15.1. The Morgan fingerprint density at radius 3 is 1.95 bits per heavy atom. The van der Waals surface area contributed by atoms with E-state index in [1.807, 2.05) is 78.9 Å². The van der Waals surface area contributed by atoms with Crippen LogP contribution in [0, 0.1) is 0 Å². The minimum absolute atomic E-state index is 0.0598. The van der Waals surface area contributed by atoms with Gasteiger partial charge in [-0.2, -0.15) is 0 Å². The van der Waals surface area contributed by atoms with E-state index >= 15 is 0 Å². The lowest BCUT2D eigenvalue weighted by Crippen LogP contribution is -2.29. The van der Waals surface area contributed by atoms with Gasteiger partial charge in [0.1, 0.15) is 0 Å². The summed E-state index contributed by atoms with van der Waals surface area (Å²) in [6.45, 7) is 0. The Hall–Kier alpha value is -7.68. The minimum atomic E-state index is -1.44. The lowest BCUT2D eigenvalue weighted by molar-refractivity contribution is 0.785. The summed E-state index contributed by atoms with van der Waals surface area (Å²) in [4.78, 5) is 2.24. The van der Waals surface area contributed by atoms with E-state index in [1.54, 1.807) is 0 Å². The lowest BCUT2D eigenvalue weighted by Gasteiger charge is -2.36. The maximum atomic E-state index is 10.1. The Morgan fingerprint density at radius 2 is 1.05 bits per heavy atom. The van der Waals surface area contributed by atoms with Crippen molar-refractivity contribution in [3.05, 3.63) is 253 Å². The molecule has 0 aliphatic heterocycles. The fourth-order valence-electron chi connectivity index (χ4n) is 9.73. The van der Waals surface area contributed by atoms with Crippen LogP contribution in [0.5, 0.6) is 0 Å². The second-order valence-corrected chi connectivity index (χ2v) is 15.1. The van der Waals surface area contributed by atoms with Crippen LogP contribution in [0.3, 0.4) is 0 Å². The Bertz CT molecular complexity index is 3800. The molecule has 1 unspecified atom stereocenters. The van der Waals surface area contributed by atoms with Gasteiger partial charge in [0.05, 0.1) is 26.0 Å². The van der Waals surface area contributed by atoms with E-state index in [-0.39, 0.29) is 28.4 Å². The van der Waals surface area contributed by atoms with Crippen LogP contribution < -0.4 is 4.90 Å². The lowest BCUT2D eigenvalue weighted by atomic mass is 9.65. The van der Waals surface area contributed by atoms with Crippen molar-refractivity contribution in [3.8, 4) is 16.8 Å². The highest BCUT2D eigenvalue weighted by atomic mass is 15.1. The van der Waals surface area contributed by atoms with Gasteiger partial charge in [-0.05, 0) is 116 Å². The molecule has 11 aromatic rings. The number of para-hydroxylation sites is 3. The van der Waals surface area contributed by atoms with Gasteiger partial charge in [0.15, 0.2) is 0 Å². The van der Waals surface area contributed by atoms with E-state index in [0.717, 1.165) is 83.1 Å². The van der Waals surface area contributed by atoms with Crippen LogP contribution in [0.15, 0.2) is 230 Å². The summed E-state index contributed by atoms with van der Waals surface area (Å²) in [5.41, 5.74) is 8.62. The number of fused-ring (bicyclic) bond motifs is 8. The average molecular weight is 758 g/mol. The third-order valence-electron chi connectivity index (χ3n) is 12.1. The normalized spacial score (nSPS) is 16.2. The SMILES string of the molecule is [2H]c1c([2H])c([2H])c2c(C3(c4cccc5c4c4ccccc4n5-c4ccccc4)c4ccccc4-c4cc(N(c5ccccc5)c5ccc6ccccc6c5)ccc43)c([2H])c([2H])c([2H])c2c1[2H]. The zero-order valence-electron chi connectivity index (χ0n) is 38.8. The molecule has 59 heavy (non-hydrogen) atoms. The molecule has 0 radical (unpaired) electrons. The molecule has 1 aliphatic carbocycles. The third-order valence-corrected chi connectivity index (χ3v) is 12.1. The first-order valence-corrected chi connectivity index (χ1v) is 19.9. The van der Waals surface area contributed by atoms with Crippen molar-refractivity contribution in [1.29, 1.82) is 0 Å². The maximum absolute atomic E-state index is 10.1. The van der Waals surface area contributed by atoms with Crippen LogP contribution >= 0.6 is 0 Å². The molecular weight excluding hydrogens is 713 g/mol. The van der Waals surface area contributed by atoms with Gasteiger partial charge in [-0.3, -0.25) is 0 Å². The molecule has 1 atom stereocenters. The Labute approximate surface area is 353 Å². The number of nitrogens with zero attached hydrogens (tertiary/aromatic N) is 2. The van der Waals surface area contributed by atoms with Crippen LogP contribution in [0.4, 0.5) is 17.1 Å². The van der Waals surface area contributed by atoms with Gasteiger partial charge in [-0.15, -0.1) is 0 Å². The molecule has 12 rings (SSSR count). The van der Waals surface area contributed by atoms with Crippen LogP contribution in [-0.4, -0.2) is 4.57 Å². The first-order chi connectivity index (χ1) is 32.2. The maximum Gasteiger partial charge on any atom is 0.0726 e. The molecule has 0 N–H and O–H groups in total. The average Bonchev–Trinajstić information content (AvgIpc) is 3.85. The number of anilines is 3. The number of aromatic nitrogens is 1. The fourth-order valence-corrected chi connectivity index (χ4v) is 9.73. The molecule has 2 heteroatoms. The topological polar surface area (TPSA) is 8.17 Å². The summed E-state index contributed by atoms with van der Waals surface area (Å²) in [6, 6.07) is 61.3. The van der Waals surface area contributed by atoms with Gasteiger partial charge in [0.25, 0.3) is 0 Å². The third kappa shape index (κ3) is 4.93. The predicted molar refractivity (Wildman–Crippen MR) is 248 cm³/mol. The van der Waals surface area contributed by atoms with Gasteiger partial charge in [0, 0.05) is 33.5 Å². The monoisotopic (exact) mass is 757 g/mol. The molecule has 0 saturated carbocycles. The van der Waals surface area contributed by atoms with E-state index in [9.17, 15) is 6.85 Å².